The molecule has 1 aromatic heterocycles. The van der Waals surface area contributed by atoms with Crippen LogP contribution in [0.2, 0.25) is 0 Å². The van der Waals surface area contributed by atoms with Crippen LogP contribution in [0, 0.1) is 0 Å². The van der Waals surface area contributed by atoms with E-state index in [9.17, 15) is 0 Å². The number of nitrogens with zero attached hydrogens (tertiary/aromatic N) is 1. The van der Waals surface area contributed by atoms with Crippen molar-refractivity contribution < 1.29 is 10.2 Å². The fraction of sp³-hybridized carbons (Fsp3) is 0.526. The number of aromatic amines is 1. The van der Waals surface area contributed by atoms with E-state index in [-0.39, 0.29) is 11.5 Å². The minimum absolute atomic E-state index is 0.0880. The lowest BCUT2D eigenvalue weighted by Gasteiger charge is -2.01. The third-order valence-corrected chi connectivity index (χ3v) is 3.71. The van der Waals surface area contributed by atoms with Gasteiger partial charge in [-0.25, -0.2) is 0 Å². The molecule has 0 amide bonds. The molecule has 2 rings (SSSR count). The normalized spacial score (nSPS) is 10.2. The number of rotatable bonds is 8. The molecule has 23 heavy (non-hydrogen) atoms. The zero-order chi connectivity index (χ0) is 16.9. The maximum atomic E-state index is 8.65. The second kappa shape index (κ2) is 11.6. The molecule has 2 aromatic rings. The van der Waals surface area contributed by atoms with E-state index in [1.54, 1.807) is 6.07 Å². The van der Waals surface area contributed by atoms with Crippen molar-refractivity contribution in [2.45, 2.75) is 65.2 Å². The smallest absolute Gasteiger partial charge is 0.119 e. The Hall–Kier alpha value is -1.97. The molecule has 0 saturated heterocycles. The number of aromatic nitrogens is 2. The molecule has 0 spiro atoms. The summed E-state index contributed by atoms with van der Waals surface area (Å²) in [4.78, 5) is 0. The second-order valence-electron chi connectivity index (χ2n) is 5.79. The molecule has 0 fully saturated rings. The Morgan fingerprint density at radius 3 is 2.04 bits per heavy atom. The minimum Gasteiger partial charge on any atom is -0.508 e. The maximum Gasteiger partial charge on any atom is 0.119 e. The van der Waals surface area contributed by atoms with Crippen molar-refractivity contribution in [3.63, 3.8) is 0 Å². The van der Waals surface area contributed by atoms with Crippen LogP contribution in [0.15, 0.2) is 30.5 Å². The van der Waals surface area contributed by atoms with Gasteiger partial charge in [-0.2, -0.15) is 5.10 Å². The number of hydrogen-bond acceptors (Lipinski definition) is 3. The lowest BCUT2D eigenvalue weighted by molar-refractivity contribution is 0.450. The molecule has 0 aliphatic carbocycles. The quantitative estimate of drug-likeness (QED) is 0.602. The summed E-state index contributed by atoms with van der Waals surface area (Å²) in [5.74, 6) is 0.176. The number of phenolic OH excluding ortho intramolecular Hbond substituents is 2. The Labute approximate surface area is 139 Å². The van der Waals surface area contributed by atoms with Gasteiger partial charge in [0.15, 0.2) is 0 Å². The zero-order valence-electron chi connectivity index (χ0n) is 14.4. The Kier molecular flexibility index (Phi) is 9.60. The molecule has 4 heteroatoms. The number of nitrogens with one attached hydrogen (secondary N) is 1. The van der Waals surface area contributed by atoms with Gasteiger partial charge in [0.05, 0.1) is 5.69 Å². The molecule has 128 valence electrons. The molecule has 0 bridgehead atoms. The predicted octanol–water partition coefficient (Wildman–Crippen LogP) is 4.97. The highest BCUT2D eigenvalue weighted by atomic mass is 16.3. The van der Waals surface area contributed by atoms with E-state index < -0.39 is 0 Å². The van der Waals surface area contributed by atoms with Gasteiger partial charge in [0.25, 0.3) is 0 Å². The number of phenols is 2. The first kappa shape index (κ1) is 19.1. The van der Waals surface area contributed by atoms with Crippen molar-refractivity contribution >= 4 is 0 Å². The third-order valence-electron chi connectivity index (χ3n) is 3.71. The van der Waals surface area contributed by atoms with Crippen LogP contribution < -0.4 is 0 Å². The molecule has 1 aromatic carbocycles. The topological polar surface area (TPSA) is 69.1 Å². The van der Waals surface area contributed by atoms with Crippen LogP contribution in [0.5, 0.6) is 11.5 Å². The second-order valence-corrected chi connectivity index (χ2v) is 5.79. The van der Waals surface area contributed by atoms with Crippen LogP contribution in [0.4, 0.5) is 0 Å². The Balaban J connectivity index is 0.000000277. The summed E-state index contributed by atoms with van der Waals surface area (Å²) in [7, 11) is 0. The largest absolute Gasteiger partial charge is 0.508 e. The molecule has 4 nitrogen and oxygen atoms in total. The Bertz CT molecular complexity index is 496. The van der Waals surface area contributed by atoms with Crippen LogP contribution in [0.1, 0.15) is 63.6 Å². The Morgan fingerprint density at radius 2 is 1.52 bits per heavy atom. The van der Waals surface area contributed by atoms with E-state index in [2.05, 4.69) is 30.2 Å². The molecule has 0 aliphatic heterocycles. The summed E-state index contributed by atoms with van der Waals surface area (Å²) in [6.45, 7) is 4.49. The molecule has 0 radical (unpaired) electrons. The number of hydrogen-bond donors (Lipinski definition) is 3. The van der Waals surface area contributed by atoms with Gasteiger partial charge in [0.2, 0.25) is 0 Å². The SMILES string of the molecule is CCCCCc1c[nH]nc1CCCCC.Oc1cccc(O)c1. The van der Waals surface area contributed by atoms with Crippen molar-refractivity contribution in [3.05, 3.63) is 41.7 Å². The molecule has 3 N–H and O–H groups in total. The highest BCUT2D eigenvalue weighted by Crippen LogP contribution is 2.15. The fourth-order valence-corrected chi connectivity index (χ4v) is 2.38. The highest BCUT2D eigenvalue weighted by Gasteiger charge is 2.04. The van der Waals surface area contributed by atoms with Gasteiger partial charge in [-0.05, 0) is 43.4 Å². The van der Waals surface area contributed by atoms with Crippen molar-refractivity contribution in [1.82, 2.24) is 10.2 Å². The number of H-pyrrole nitrogens is 1. The number of aryl methyl sites for hydroxylation is 2. The van der Waals surface area contributed by atoms with Gasteiger partial charge in [0.1, 0.15) is 11.5 Å². The average molecular weight is 318 g/mol. The molecular formula is C19H30N2O2. The van der Waals surface area contributed by atoms with Crippen LogP contribution in [-0.4, -0.2) is 20.4 Å². The summed E-state index contributed by atoms with van der Waals surface area (Å²) in [6.07, 6.45) is 12.2. The van der Waals surface area contributed by atoms with Crippen molar-refractivity contribution in [2.24, 2.45) is 0 Å². The molecule has 0 unspecified atom stereocenters. The summed E-state index contributed by atoms with van der Waals surface area (Å²) in [6, 6.07) is 5.85. The van der Waals surface area contributed by atoms with Gasteiger partial charge in [-0.1, -0.05) is 45.6 Å². The van der Waals surface area contributed by atoms with Gasteiger partial charge in [0, 0.05) is 12.3 Å². The molecule has 0 atom stereocenters. The van der Waals surface area contributed by atoms with Crippen LogP contribution in [0.25, 0.3) is 0 Å². The molecule has 0 saturated carbocycles. The summed E-state index contributed by atoms with van der Waals surface area (Å²) >= 11 is 0. The van der Waals surface area contributed by atoms with Gasteiger partial charge >= 0.3 is 0 Å². The molecule has 1 heterocycles. The first-order valence-electron chi connectivity index (χ1n) is 8.66. The number of benzene rings is 1. The minimum atomic E-state index is 0.0880. The van der Waals surface area contributed by atoms with E-state index in [0.29, 0.717) is 0 Å². The number of unbranched alkanes of at least 4 members (excludes halogenated alkanes) is 4. The fourth-order valence-electron chi connectivity index (χ4n) is 2.38. The molecule has 0 aliphatic rings. The third kappa shape index (κ3) is 8.29. The van der Waals surface area contributed by atoms with Crippen molar-refractivity contribution in [3.8, 4) is 11.5 Å². The van der Waals surface area contributed by atoms with Gasteiger partial charge in [-0.15, -0.1) is 0 Å². The predicted molar refractivity (Wildman–Crippen MR) is 94.8 cm³/mol. The average Bonchev–Trinajstić information content (AvgIpc) is 2.96. The van der Waals surface area contributed by atoms with Crippen molar-refractivity contribution in [2.75, 3.05) is 0 Å². The van der Waals surface area contributed by atoms with Crippen LogP contribution >= 0.6 is 0 Å². The monoisotopic (exact) mass is 318 g/mol. The van der Waals surface area contributed by atoms with Gasteiger partial charge in [-0.3, -0.25) is 5.10 Å². The van der Waals surface area contributed by atoms with E-state index >= 15 is 0 Å². The Morgan fingerprint density at radius 1 is 0.913 bits per heavy atom. The van der Waals surface area contributed by atoms with E-state index in [4.69, 9.17) is 10.2 Å². The van der Waals surface area contributed by atoms with E-state index in [1.165, 1.54) is 74.4 Å². The van der Waals surface area contributed by atoms with E-state index in [1.807, 2.05) is 0 Å². The maximum absolute atomic E-state index is 8.65. The molecular weight excluding hydrogens is 288 g/mol. The first-order valence-corrected chi connectivity index (χ1v) is 8.66. The zero-order valence-corrected chi connectivity index (χ0v) is 14.4. The standard InChI is InChI=1S/C13H24N2.C6H6O2/c1-3-5-7-9-12-11-14-15-13(12)10-8-6-4-2;7-5-2-1-3-6(8)4-5/h11H,3-10H2,1-2H3,(H,14,15);1-4,7-8H. The summed E-state index contributed by atoms with van der Waals surface area (Å²) in [5.41, 5.74) is 2.75. The van der Waals surface area contributed by atoms with E-state index in [0.717, 1.165) is 6.42 Å². The summed E-state index contributed by atoms with van der Waals surface area (Å²) in [5, 5.41) is 24.7. The lowest BCUT2D eigenvalue weighted by atomic mass is 10.0. The van der Waals surface area contributed by atoms with Crippen LogP contribution in [0.3, 0.4) is 0 Å². The summed E-state index contributed by atoms with van der Waals surface area (Å²) < 4.78 is 0. The highest BCUT2D eigenvalue weighted by molar-refractivity contribution is 5.30. The lowest BCUT2D eigenvalue weighted by Crippen LogP contribution is -1.93. The van der Waals surface area contributed by atoms with Crippen molar-refractivity contribution in [1.29, 1.82) is 0 Å². The van der Waals surface area contributed by atoms with Gasteiger partial charge < -0.3 is 10.2 Å². The first-order chi connectivity index (χ1) is 11.2. The van der Waals surface area contributed by atoms with Crippen LogP contribution in [-0.2, 0) is 12.8 Å². The number of aromatic hydroxyl groups is 2.